The highest BCUT2D eigenvalue weighted by molar-refractivity contribution is 7.92. The van der Waals surface area contributed by atoms with Gasteiger partial charge in [0.05, 0.1) is 12.8 Å². The second kappa shape index (κ2) is 6.19. The number of sulfonamides is 1. The number of anilines is 2. The van der Waals surface area contributed by atoms with E-state index in [0.717, 1.165) is 10.6 Å². The quantitative estimate of drug-likeness (QED) is 0.814. The number of nitrogens with zero attached hydrogens (tertiary/aromatic N) is 5. The van der Waals surface area contributed by atoms with Crippen molar-refractivity contribution in [2.24, 2.45) is 0 Å². The number of aromatic nitrogens is 4. The molecule has 0 aliphatic carbocycles. The van der Waals surface area contributed by atoms with E-state index >= 15 is 0 Å². The van der Waals surface area contributed by atoms with Crippen molar-refractivity contribution in [3.05, 3.63) is 35.6 Å². The molecule has 0 radical (unpaired) electrons. The average molecular weight is 329 g/mol. The van der Waals surface area contributed by atoms with Crippen molar-refractivity contribution in [1.29, 1.82) is 0 Å². The molecule has 21 heavy (non-hydrogen) atoms. The van der Waals surface area contributed by atoms with Crippen LogP contribution < -0.4 is 9.62 Å². The van der Waals surface area contributed by atoms with Crippen molar-refractivity contribution in [1.82, 2.24) is 19.9 Å². The first kappa shape index (κ1) is 15.4. The Morgan fingerprint density at radius 3 is 2.62 bits per heavy atom. The van der Waals surface area contributed by atoms with Gasteiger partial charge in [0.2, 0.25) is 15.3 Å². The Morgan fingerprint density at radius 1 is 1.24 bits per heavy atom. The number of halogens is 1. The molecule has 0 aliphatic rings. The molecule has 112 valence electrons. The summed E-state index contributed by atoms with van der Waals surface area (Å²) in [6.07, 6.45) is 5.53. The topological polar surface area (TPSA) is 101 Å². The van der Waals surface area contributed by atoms with Crippen molar-refractivity contribution < 1.29 is 8.42 Å². The Morgan fingerprint density at radius 2 is 1.95 bits per heavy atom. The van der Waals surface area contributed by atoms with Crippen LogP contribution in [0.3, 0.4) is 0 Å². The maximum atomic E-state index is 11.6. The van der Waals surface area contributed by atoms with Gasteiger partial charge in [0.15, 0.2) is 5.82 Å². The van der Waals surface area contributed by atoms with Crippen LogP contribution in [0.2, 0.25) is 5.28 Å². The number of hydrogen-bond donors (Lipinski definition) is 1. The minimum atomic E-state index is -3.41. The molecule has 0 aromatic carbocycles. The molecule has 2 rings (SSSR count). The van der Waals surface area contributed by atoms with Gasteiger partial charge in [-0.3, -0.25) is 9.29 Å². The average Bonchev–Trinajstić information content (AvgIpc) is 2.44. The zero-order valence-corrected chi connectivity index (χ0v) is 12.9. The minimum absolute atomic E-state index is 0.118. The lowest BCUT2D eigenvalue weighted by Gasteiger charge is -2.18. The van der Waals surface area contributed by atoms with Crippen molar-refractivity contribution in [2.75, 3.05) is 22.9 Å². The highest BCUT2D eigenvalue weighted by atomic mass is 35.5. The second-order valence-corrected chi connectivity index (χ2v) is 6.47. The van der Waals surface area contributed by atoms with Crippen LogP contribution in [-0.2, 0) is 16.6 Å². The van der Waals surface area contributed by atoms with Crippen LogP contribution in [0.4, 0.5) is 11.6 Å². The van der Waals surface area contributed by atoms with Crippen LogP contribution >= 0.6 is 11.6 Å². The molecule has 0 spiro atoms. The summed E-state index contributed by atoms with van der Waals surface area (Å²) in [4.78, 5) is 16.0. The van der Waals surface area contributed by atoms with Gasteiger partial charge in [0.25, 0.3) is 0 Å². The van der Waals surface area contributed by atoms with Gasteiger partial charge in [-0.2, -0.15) is 0 Å². The third-order valence-corrected chi connectivity index (χ3v) is 3.96. The Kier molecular flexibility index (Phi) is 4.53. The summed E-state index contributed by atoms with van der Waals surface area (Å²) < 4.78 is 24.3. The van der Waals surface area contributed by atoms with E-state index in [2.05, 4.69) is 25.3 Å². The molecular weight excluding hydrogens is 316 g/mol. The SMILES string of the molecule is CN(c1nccnc1CNc1ccnc(Cl)n1)S(C)(=O)=O. The highest BCUT2D eigenvalue weighted by Gasteiger charge is 2.17. The Balaban J connectivity index is 2.21. The van der Waals surface area contributed by atoms with Gasteiger partial charge >= 0.3 is 0 Å². The van der Waals surface area contributed by atoms with Gasteiger partial charge in [-0.05, 0) is 17.7 Å². The van der Waals surface area contributed by atoms with E-state index in [0.29, 0.717) is 11.5 Å². The van der Waals surface area contributed by atoms with E-state index in [1.54, 1.807) is 6.07 Å². The third kappa shape index (κ3) is 3.99. The predicted octanol–water partition coefficient (Wildman–Crippen LogP) is 0.928. The van der Waals surface area contributed by atoms with Crippen molar-refractivity contribution in [3.8, 4) is 0 Å². The normalized spacial score (nSPS) is 11.2. The highest BCUT2D eigenvalue weighted by Crippen LogP contribution is 2.17. The number of nitrogens with one attached hydrogen (secondary N) is 1. The van der Waals surface area contributed by atoms with Crippen LogP contribution in [0.15, 0.2) is 24.7 Å². The summed E-state index contributed by atoms with van der Waals surface area (Å²) >= 11 is 5.69. The molecule has 0 amide bonds. The first-order valence-corrected chi connectivity index (χ1v) is 8.07. The van der Waals surface area contributed by atoms with Gasteiger partial charge in [-0.1, -0.05) is 0 Å². The van der Waals surface area contributed by atoms with Gasteiger partial charge in [0.1, 0.15) is 11.5 Å². The number of hydrogen-bond acceptors (Lipinski definition) is 7. The van der Waals surface area contributed by atoms with E-state index in [1.165, 1.54) is 25.6 Å². The minimum Gasteiger partial charge on any atom is -0.364 e. The Labute approximate surface area is 127 Å². The van der Waals surface area contributed by atoms with E-state index in [4.69, 9.17) is 11.6 Å². The zero-order valence-electron chi connectivity index (χ0n) is 11.4. The lowest BCUT2D eigenvalue weighted by Crippen LogP contribution is -2.27. The van der Waals surface area contributed by atoms with Crippen LogP contribution in [0.1, 0.15) is 5.69 Å². The molecule has 10 heteroatoms. The molecule has 0 unspecified atom stereocenters. The molecule has 8 nitrogen and oxygen atoms in total. The van der Waals surface area contributed by atoms with E-state index in [1.807, 2.05) is 0 Å². The molecule has 0 saturated heterocycles. The summed E-state index contributed by atoms with van der Waals surface area (Å²) in [6, 6.07) is 1.64. The molecule has 0 fully saturated rings. The smallest absolute Gasteiger partial charge is 0.233 e. The molecule has 1 N–H and O–H groups in total. The van der Waals surface area contributed by atoms with E-state index < -0.39 is 10.0 Å². The first-order valence-electron chi connectivity index (χ1n) is 5.84. The maximum Gasteiger partial charge on any atom is 0.233 e. The molecule has 0 atom stereocenters. The summed E-state index contributed by atoms with van der Waals surface area (Å²) in [5, 5.41) is 3.11. The monoisotopic (exact) mass is 328 g/mol. The largest absolute Gasteiger partial charge is 0.364 e. The Hall–Kier alpha value is -2.00. The van der Waals surface area contributed by atoms with Crippen molar-refractivity contribution in [3.63, 3.8) is 0 Å². The summed E-state index contributed by atoms with van der Waals surface area (Å²) in [5.41, 5.74) is 0.472. The van der Waals surface area contributed by atoms with Crippen LogP contribution in [-0.4, -0.2) is 41.7 Å². The lowest BCUT2D eigenvalue weighted by molar-refractivity contribution is 0.599. The molecule has 2 aromatic rings. The van der Waals surface area contributed by atoms with Crippen LogP contribution in [0.5, 0.6) is 0 Å². The molecule has 0 saturated carbocycles. The third-order valence-electron chi connectivity index (χ3n) is 2.61. The molecule has 0 aliphatic heterocycles. The van der Waals surface area contributed by atoms with Crippen LogP contribution in [0, 0.1) is 0 Å². The summed E-state index contributed by atoms with van der Waals surface area (Å²) in [7, 11) is -1.99. The van der Waals surface area contributed by atoms with Crippen molar-refractivity contribution in [2.45, 2.75) is 6.54 Å². The fourth-order valence-electron chi connectivity index (χ4n) is 1.51. The fourth-order valence-corrected chi connectivity index (χ4v) is 2.13. The Bertz CT molecular complexity index is 739. The summed E-state index contributed by atoms with van der Waals surface area (Å²) in [5.74, 6) is 0.765. The van der Waals surface area contributed by atoms with Gasteiger partial charge in [-0.15, -0.1) is 0 Å². The predicted molar refractivity (Wildman–Crippen MR) is 79.6 cm³/mol. The second-order valence-electron chi connectivity index (χ2n) is 4.12. The molecular formula is C11H13ClN6O2S. The lowest BCUT2D eigenvalue weighted by atomic mass is 10.4. The van der Waals surface area contributed by atoms with Crippen LogP contribution in [0.25, 0.3) is 0 Å². The van der Waals surface area contributed by atoms with E-state index in [-0.39, 0.29) is 17.6 Å². The molecule has 0 bridgehead atoms. The standard InChI is InChI=1S/C11H13ClN6O2S/c1-18(21(2,19)20)10-8(13-5-6-14-10)7-16-9-3-4-15-11(12)17-9/h3-6H,7H2,1-2H3,(H,15,16,17). The van der Waals surface area contributed by atoms with Gasteiger partial charge in [0, 0.05) is 25.6 Å². The maximum absolute atomic E-state index is 11.6. The molecule has 2 aromatic heterocycles. The van der Waals surface area contributed by atoms with E-state index in [9.17, 15) is 8.42 Å². The first-order chi connectivity index (χ1) is 9.88. The number of rotatable bonds is 5. The zero-order chi connectivity index (χ0) is 15.5. The molecule has 2 heterocycles. The summed E-state index contributed by atoms with van der Waals surface area (Å²) in [6.45, 7) is 0.246. The fraction of sp³-hybridized carbons (Fsp3) is 0.273. The van der Waals surface area contributed by atoms with Gasteiger partial charge in [-0.25, -0.2) is 23.4 Å². The van der Waals surface area contributed by atoms with Crippen molar-refractivity contribution >= 4 is 33.3 Å². The van der Waals surface area contributed by atoms with Gasteiger partial charge < -0.3 is 5.32 Å².